The van der Waals surface area contributed by atoms with Crippen LogP contribution in [0.2, 0.25) is 0 Å². The number of ether oxygens (including phenoxy) is 2. The van der Waals surface area contributed by atoms with Crippen LogP contribution in [-0.4, -0.2) is 30.7 Å². The molecule has 0 spiro atoms. The minimum Gasteiger partial charge on any atom is -0.466 e. The van der Waals surface area contributed by atoms with Gasteiger partial charge in [-0.15, -0.1) is 0 Å². The van der Waals surface area contributed by atoms with Crippen molar-refractivity contribution in [2.75, 3.05) is 13.8 Å². The zero-order chi connectivity index (χ0) is 14.8. The first kappa shape index (κ1) is 14.3. The van der Waals surface area contributed by atoms with Crippen molar-refractivity contribution in [3.05, 3.63) is 29.1 Å². The monoisotopic (exact) mass is 293 g/mol. The summed E-state index contributed by atoms with van der Waals surface area (Å²) >= 11 is 0. The van der Waals surface area contributed by atoms with Gasteiger partial charge in [0.15, 0.2) is 6.79 Å². The minimum atomic E-state index is -0.428. The Bertz CT molecular complexity index is 541. The predicted molar refractivity (Wildman–Crippen MR) is 75.7 cm³/mol. The van der Waals surface area contributed by atoms with Gasteiger partial charge in [-0.25, -0.2) is 4.39 Å². The standard InChI is InChI=1S/C16H20FNO3/c1-18(13-5-3-2-4-6-13)16(19)14-8-12(17)7-11-9-20-10-21-15(11)14/h7-8,13H,2-6,9-10H2,1H3. The number of amides is 1. The molecule has 0 N–H and O–H groups in total. The van der Waals surface area contributed by atoms with E-state index in [0.29, 0.717) is 16.9 Å². The molecule has 0 aromatic heterocycles. The molecule has 1 aromatic rings. The van der Waals surface area contributed by atoms with Crippen molar-refractivity contribution in [1.82, 2.24) is 4.90 Å². The van der Waals surface area contributed by atoms with E-state index in [-0.39, 0.29) is 25.3 Å². The van der Waals surface area contributed by atoms with Gasteiger partial charge < -0.3 is 14.4 Å². The summed E-state index contributed by atoms with van der Waals surface area (Å²) in [6, 6.07) is 2.88. The number of carbonyl (C=O) groups excluding carboxylic acids is 1. The lowest BCUT2D eigenvalue weighted by Gasteiger charge is -2.32. The molecule has 0 saturated heterocycles. The molecule has 3 rings (SSSR count). The molecule has 1 aromatic carbocycles. The van der Waals surface area contributed by atoms with E-state index < -0.39 is 5.82 Å². The van der Waals surface area contributed by atoms with Crippen LogP contribution < -0.4 is 4.74 Å². The molecule has 4 nitrogen and oxygen atoms in total. The van der Waals surface area contributed by atoms with Gasteiger partial charge in [-0.3, -0.25) is 4.79 Å². The highest BCUT2D eigenvalue weighted by molar-refractivity contribution is 5.97. The van der Waals surface area contributed by atoms with Crippen LogP contribution in [0.1, 0.15) is 48.0 Å². The fourth-order valence-electron chi connectivity index (χ4n) is 3.16. The maximum absolute atomic E-state index is 13.7. The van der Waals surface area contributed by atoms with Crippen molar-refractivity contribution in [3.63, 3.8) is 0 Å². The average Bonchev–Trinajstić information content (AvgIpc) is 2.53. The molecule has 5 heteroatoms. The molecule has 1 saturated carbocycles. The highest BCUT2D eigenvalue weighted by Crippen LogP contribution is 2.31. The third-order valence-corrected chi connectivity index (χ3v) is 4.35. The second kappa shape index (κ2) is 6.02. The Hall–Kier alpha value is -1.62. The lowest BCUT2D eigenvalue weighted by Crippen LogP contribution is -2.38. The predicted octanol–water partition coefficient (Wildman–Crippen LogP) is 3.10. The minimum absolute atomic E-state index is 0.103. The number of halogens is 1. The highest BCUT2D eigenvalue weighted by Gasteiger charge is 2.28. The van der Waals surface area contributed by atoms with E-state index in [9.17, 15) is 9.18 Å². The Labute approximate surface area is 123 Å². The van der Waals surface area contributed by atoms with E-state index in [1.165, 1.54) is 18.6 Å². The van der Waals surface area contributed by atoms with Crippen LogP contribution in [0.3, 0.4) is 0 Å². The molecule has 0 atom stereocenters. The molecule has 1 fully saturated rings. The van der Waals surface area contributed by atoms with Gasteiger partial charge >= 0.3 is 0 Å². The summed E-state index contributed by atoms with van der Waals surface area (Å²) in [4.78, 5) is 14.4. The van der Waals surface area contributed by atoms with Gasteiger partial charge in [-0.1, -0.05) is 19.3 Å². The molecule has 0 bridgehead atoms. The second-order valence-corrected chi connectivity index (χ2v) is 5.76. The van der Waals surface area contributed by atoms with Crippen molar-refractivity contribution in [2.45, 2.75) is 44.8 Å². The SMILES string of the molecule is CN(C(=O)c1cc(F)cc2c1OCOC2)C1CCCCC1. The van der Waals surface area contributed by atoms with Crippen molar-refractivity contribution >= 4 is 5.91 Å². The van der Waals surface area contributed by atoms with Crippen molar-refractivity contribution in [2.24, 2.45) is 0 Å². The lowest BCUT2D eigenvalue weighted by molar-refractivity contribution is -0.0173. The van der Waals surface area contributed by atoms with Gasteiger partial charge in [0.05, 0.1) is 12.2 Å². The maximum Gasteiger partial charge on any atom is 0.257 e. The van der Waals surface area contributed by atoms with Crippen LogP contribution in [-0.2, 0) is 11.3 Å². The normalized spacial score (nSPS) is 18.8. The molecule has 1 amide bonds. The third-order valence-electron chi connectivity index (χ3n) is 4.35. The first-order valence-electron chi connectivity index (χ1n) is 7.47. The molecule has 0 unspecified atom stereocenters. The summed E-state index contributed by atoms with van der Waals surface area (Å²) in [7, 11) is 1.80. The zero-order valence-corrected chi connectivity index (χ0v) is 12.2. The molecule has 21 heavy (non-hydrogen) atoms. The van der Waals surface area contributed by atoms with Crippen LogP contribution >= 0.6 is 0 Å². The summed E-state index contributed by atoms with van der Waals surface area (Å²) in [5, 5.41) is 0. The molecule has 114 valence electrons. The Balaban J connectivity index is 1.88. The number of carbonyl (C=O) groups is 1. The Morgan fingerprint density at radius 1 is 1.29 bits per heavy atom. The largest absolute Gasteiger partial charge is 0.466 e. The highest BCUT2D eigenvalue weighted by atomic mass is 19.1. The van der Waals surface area contributed by atoms with E-state index in [0.717, 1.165) is 25.7 Å². The number of hydrogen-bond donors (Lipinski definition) is 0. The van der Waals surface area contributed by atoms with E-state index in [1.807, 2.05) is 0 Å². The van der Waals surface area contributed by atoms with E-state index in [1.54, 1.807) is 11.9 Å². The van der Waals surface area contributed by atoms with Crippen molar-refractivity contribution < 1.29 is 18.7 Å². The fourth-order valence-corrected chi connectivity index (χ4v) is 3.16. The zero-order valence-electron chi connectivity index (χ0n) is 12.2. The molecule has 1 heterocycles. The average molecular weight is 293 g/mol. The van der Waals surface area contributed by atoms with Gasteiger partial charge in [0.1, 0.15) is 11.6 Å². The quantitative estimate of drug-likeness (QED) is 0.841. The first-order valence-corrected chi connectivity index (χ1v) is 7.47. The summed E-state index contributed by atoms with van der Waals surface area (Å²) < 4.78 is 24.3. The van der Waals surface area contributed by atoms with E-state index in [4.69, 9.17) is 9.47 Å². The smallest absolute Gasteiger partial charge is 0.257 e. The van der Waals surface area contributed by atoms with Gasteiger partial charge in [0, 0.05) is 18.7 Å². The van der Waals surface area contributed by atoms with Crippen LogP contribution in [0.15, 0.2) is 12.1 Å². The Kier molecular flexibility index (Phi) is 4.10. The summed E-state index contributed by atoms with van der Waals surface area (Å²) in [6.45, 7) is 0.382. The van der Waals surface area contributed by atoms with Gasteiger partial charge in [0.2, 0.25) is 0 Å². The maximum atomic E-state index is 13.7. The molecule has 1 aliphatic heterocycles. The fraction of sp³-hybridized carbons (Fsp3) is 0.562. The van der Waals surface area contributed by atoms with Crippen molar-refractivity contribution in [3.8, 4) is 5.75 Å². The molecule has 1 aliphatic carbocycles. The summed E-state index contributed by atoms with van der Waals surface area (Å²) in [6.07, 6.45) is 5.56. The summed E-state index contributed by atoms with van der Waals surface area (Å²) in [5.74, 6) is -0.127. The van der Waals surface area contributed by atoms with Crippen LogP contribution in [0.25, 0.3) is 0 Å². The van der Waals surface area contributed by atoms with Gasteiger partial charge in [0.25, 0.3) is 5.91 Å². The van der Waals surface area contributed by atoms with E-state index in [2.05, 4.69) is 0 Å². The van der Waals surface area contributed by atoms with Crippen molar-refractivity contribution in [1.29, 1.82) is 0 Å². The molecule has 0 radical (unpaired) electrons. The van der Waals surface area contributed by atoms with E-state index >= 15 is 0 Å². The topological polar surface area (TPSA) is 38.8 Å². The number of benzene rings is 1. The summed E-state index contributed by atoms with van der Waals surface area (Å²) in [5.41, 5.74) is 0.906. The molecule has 2 aliphatic rings. The number of hydrogen-bond acceptors (Lipinski definition) is 3. The molecular formula is C16H20FNO3. The second-order valence-electron chi connectivity index (χ2n) is 5.76. The Morgan fingerprint density at radius 3 is 2.81 bits per heavy atom. The van der Waals surface area contributed by atoms with Crippen LogP contribution in [0.4, 0.5) is 4.39 Å². The Morgan fingerprint density at radius 2 is 2.05 bits per heavy atom. The first-order chi connectivity index (χ1) is 10.2. The van der Waals surface area contributed by atoms with Gasteiger partial charge in [-0.05, 0) is 25.0 Å². The number of rotatable bonds is 2. The molecular weight excluding hydrogens is 273 g/mol. The van der Waals surface area contributed by atoms with Gasteiger partial charge in [-0.2, -0.15) is 0 Å². The van der Waals surface area contributed by atoms with Crippen LogP contribution in [0.5, 0.6) is 5.75 Å². The number of fused-ring (bicyclic) bond motifs is 1. The third kappa shape index (κ3) is 2.88. The lowest BCUT2D eigenvalue weighted by atomic mass is 9.94. The van der Waals surface area contributed by atoms with Crippen LogP contribution in [0, 0.1) is 5.82 Å². The number of nitrogens with zero attached hydrogens (tertiary/aromatic N) is 1.